The van der Waals surface area contributed by atoms with Crippen molar-refractivity contribution in [1.82, 2.24) is 10.2 Å². The number of hydrogen-bond acceptors (Lipinski definition) is 4. The fourth-order valence-electron chi connectivity index (χ4n) is 2.90. The average Bonchev–Trinajstić information content (AvgIpc) is 2.55. The number of ether oxygens (including phenoxy) is 1. The number of nitrogens with zero attached hydrogens (tertiary/aromatic N) is 1. The van der Waals surface area contributed by atoms with Gasteiger partial charge in [0.05, 0.1) is 10.9 Å². The maximum atomic E-state index is 11.7. The van der Waals surface area contributed by atoms with Crippen LogP contribution < -0.4 is 10.1 Å². The minimum Gasteiger partial charge on any atom is -0.489 e. The summed E-state index contributed by atoms with van der Waals surface area (Å²) in [7, 11) is 1.66. The number of β-amino-alcohol motifs (C(OH)–C–C–N with tert-alkyl or cyclic N) is 1. The van der Waals surface area contributed by atoms with E-state index in [2.05, 4.69) is 10.2 Å². The highest BCUT2D eigenvalue weighted by Crippen LogP contribution is 2.25. The van der Waals surface area contributed by atoms with E-state index in [1.165, 1.54) is 0 Å². The van der Waals surface area contributed by atoms with Gasteiger partial charge in [-0.25, -0.2) is 0 Å². The normalized spacial score (nSPS) is 20.1. The number of rotatable bonds is 6. The lowest BCUT2D eigenvalue weighted by atomic mass is 9.97. The second-order valence-electron chi connectivity index (χ2n) is 6.11. The van der Waals surface area contributed by atoms with Crippen LogP contribution >= 0.6 is 11.6 Å². The minimum atomic E-state index is -0.616. The van der Waals surface area contributed by atoms with E-state index in [0.717, 1.165) is 24.9 Å². The number of aliphatic hydroxyl groups is 1. The predicted octanol–water partition coefficient (Wildman–Crippen LogP) is 1.85. The molecule has 0 unspecified atom stereocenters. The molecule has 23 heavy (non-hydrogen) atoms. The van der Waals surface area contributed by atoms with Crippen molar-refractivity contribution in [2.24, 2.45) is 5.92 Å². The molecule has 1 aromatic carbocycles. The topological polar surface area (TPSA) is 61.8 Å². The van der Waals surface area contributed by atoms with Crippen LogP contribution in [-0.4, -0.2) is 55.3 Å². The second-order valence-corrected chi connectivity index (χ2v) is 6.52. The van der Waals surface area contributed by atoms with Crippen molar-refractivity contribution in [1.29, 1.82) is 0 Å². The fraction of sp³-hybridized carbons (Fsp3) is 0.588. The highest BCUT2D eigenvalue weighted by Gasteiger charge is 2.26. The van der Waals surface area contributed by atoms with Crippen molar-refractivity contribution >= 4 is 17.5 Å². The molecule has 1 heterocycles. The van der Waals surface area contributed by atoms with Crippen LogP contribution in [-0.2, 0) is 4.79 Å². The molecule has 1 aliphatic heterocycles. The molecule has 0 aliphatic carbocycles. The van der Waals surface area contributed by atoms with Gasteiger partial charge in [0.2, 0.25) is 5.91 Å². The Hall–Kier alpha value is -1.30. The maximum Gasteiger partial charge on any atom is 0.224 e. The zero-order valence-corrected chi connectivity index (χ0v) is 14.5. The Morgan fingerprint density at radius 1 is 1.57 bits per heavy atom. The van der Waals surface area contributed by atoms with Crippen LogP contribution in [0.3, 0.4) is 0 Å². The van der Waals surface area contributed by atoms with Gasteiger partial charge in [-0.3, -0.25) is 9.69 Å². The van der Waals surface area contributed by atoms with Gasteiger partial charge in [-0.05, 0) is 44.0 Å². The lowest BCUT2D eigenvalue weighted by molar-refractivity contribution is -0.126. The maximum absolute atomic E-state index is 11.7. The highest BCUT2D eigenvalue weighted by molar-refractivity contribution is 6.32. The molecule has 6 heteroatoms. The molecule has 5 nitrogen and oxygen atoms in total. The molecule has 2 N–H and O–H groups in total. The van der Waals surface area contributed by atoms with Gasteiger partial charge in [0.1, 0.15) is 18.5 Å². The molecule has 2 rings (SSSR count). The van der Waals surface area contributed by atoms with Crippen LogP contribution in [0, 0.1) is 12.8 Å². The molecule has 128 valence electrons. The molecule has 2 atom stereocenters. The molecule has 1 saturated heterocycles. The predicted molar refractivity (Wildman–Crippen MR) is 90.9 cm³/mol. The van der Waals surface area contributed by atoms with Crippen molar-refractivity contribution in [3.63, 3.8) is 0 Å². The van der Waals surface area contributed by atoms with E-state index < -0.39 is 6.10 Å². The number of carbonyl (C=O) groups is 1. The Bertz CT molecular complexity index is 539. The number of benzene rings is 1. The first kappa shape index (κ1) is 18.0. The first-order valence-corrected chi connectivity index (χ1v) is 8.38. The van der Waals surface area contributed by atoms with Crippen molar-refractivity contribution < 1.29 is 14.6 Å². The van der Waals surface area contributed by atoms with Crippen LogP contribution in [0.4, 0.5) is 0 Å². The number of aliphatic hydroxyl groups excluding tert-OH is 1. The smallest absolute Gasteiger partial charge is 0.224 e. The van der Waals surface area contributed by atoms with E-state index in [1.54, 1.807) is 13.1 Å². The zero-order chi connectivity index (χ0) is 16.8. The van der Waals surface area contributed by atoms with E-state index in [1.807, 2.05) is 19.1 Å². The van der Waals surface area contributed by atoms with Crippen molar-refractivity contribution in [2.75, 3.05) is 33.3 Å². The number of piperidine rings is 1. The molecule has 0 radical (unpaired) electrons. The molecular formula is C17H25ClN2O3. The van der Waals surface area contributed by atoms with E-state index in [0.29, 0.717) is 23.9 Å². The van der Waals surface area contributed by atoms with Gasteiger partial charge in [-0.2, -0.15) is 0 Å². The first-order valence-electron chi connectivity index (χ1n) is 8.00. The third-order valence-corrected chi connectivity index (χ3v) is 4.42. The summed E-state index contributed by atoms with van der Waals surface area (Å²) >= 11 is 6.08. The molecular weight excluding hydrogens is 316 g/mol. The van der Waals surface area contributed by atoms with Crippen molar-refractivity contribution in [3.05, 3.63) is 28.8 Å². The second kappa shape index (κ2) is 8.52. The SMILES string of the molecule is CNC(=O)[C@@H]1CCCN(C[C@H](O)COc2cc(C)ccc2Cl)C1. The summed E-state index contributed by atoms with van der Waals surface area (Å²) in [5.74, 6) is 0.674. The summed E-state index contributed by atoms with van der Waals surface area (Å²) < 4.78 is 5.63. The van der Waals surface area contributed by atoms with Crippen molar-refractivity contribution in [2.45, 2.75) is 25.9 Å². The number of nitrogens with one attached hydrogen (secondary N) is 1. The molecule has 1 amide bonds. The van der Waals surface area contributed by atoms with Crippen LogP contribution in [0.1, 0.15) is 18.4 Å². The third-order valence-electron chi connectivity index (χ3n) is 4.11. The largest absolute Gasteiger partial charge is 0.489 e. The monoisotopic (exact) mass is 340 g/mol. The van der Waals surface area contributed by atoms with Gasteiger partial charge in [-0.15, -0.1) is 0 Å². The molecule has 1 fully saturated rings. The standard InChI is InChI=1S/C17H25ClN2O3/c1-12-5-6-15(18)16(8-12)23-11-14(21)10-20-7-3-4-13(9-20)17(22)19-2/h5-6,8,13-14,21H,3-4,7,9-11H2,1-2H3,(H,19,22)/t13-,14+/m1/s1. The Kier molecular flexibility index (Phi) is 6.69. The number of halogens is 1. The van der Waals surface area contributed by atoms with Gasteiger partial charge < -0.3 is 15.2 Å². The molecule has 0 bridgehead atoms. The highest BCUT2D eigenvalue weighted by atomic mass is 35.5. The van der Waals surface area contributed by atoms with Crippen LogP contribution in [0.2, 0.25) is 5.02 Å². The van der Waals surface area contributed by atoms with Crippen LogP contribution in [0.5, 0.6) is 5.75 Å². The Labute approximate surface area is 142 Å². The summed E-state index contributed by atoms with van der Waals surface area (Å²) in [5, 5.41) is 13.4. The number of hydrogen-bond donors (Lipinski definition) is 2. The lowest BCUT2D eigenvalue weighted by Crippen LogP contribution is -2.45. The lowest BCUT2D eigenvalue weighted by Gasteiger charge is -2.32. The number of aryl methyl sites for hydroxylation is 1. The zero-order valence-electron chi connectivity index (χ0n) is 13.7. The number of amides is 1. The summed E-state index contributed by atoms with van der Waals surface area (Å²) in [6.07, 6.45) is 1.26. The van der Waals surface area contributed by atoms with Gasteiger partial charge >= 0.3 is 0 Å². The van der Waals surface area contributed by atoms with Crippen LogP contribution in [0.25, 0.3) is 0 Å². The van der Waals surface area contributed by atoms with Gasteiger partial charge in [0, 0.05) is 20.1 Å². The fourth-order valence-corrected chi connectivity index (χ4v) is 3.07. The summed E-state index contributed by atoms with van der Waals surface area (Å²) in [5.41, 5.74) is 1.06. The van der Waals surface area contributed by atoms with E-state index >= 15 is 0 Å². The van der Waals surface area contributed by atoms with E-state index in [-0.39, 0.29) is 18.4 Å². The van der Waals surface area contributed by atoms with Gasteiger partial charge in [-0.1, -0.05) is 17.7 Å². The van der Waals surface area contributed by atoms with E-state index in [4.69, 9.17) is 16.3 Å². The van der Waals surface area contributed by atoms with E-state index in [9.17, 15) is 9.90 Å². The molecule has 1 aromatic rings. The third kappa shape index (κ3) is 5.37. The number of carbonyl (C=O) groups excluding carboxylic acids is 1. The Balaban J connectivity index is 1.81. The van der Waals surface area contributed by atoms with Crippen molar-refractivity contribution in [3.8, 4) is 5.75 Å². The number of likely N-dealkylation sites (tertiary alicyclic amines) is 1. The molecule has 0 aromatic heterocycles. The first-order chi connectivity index (χ1) is 11.0. The quantitative estimate of drug-likeness (QED) is 0.829. The summed E-state index contributed by atoms with van der Waals surface area (Å²) in [4.78, 5) is 13.9. The summed E-state index contributed by atoms with van der Waals surface area (Å²) in [6, 6.07) is 5.56. The average molecular weight is 341 g/mol. The summed E-state index contributed by atoms with van der Waals surface area (Å²) in [6.45, 7) is 4.23. The molecule has 0 spiro atoms. The molecule has 0 saturated carbocycles. The van der Waals surface area contributed by atoms with Gasteiger partial charge in [0.15, 0.2) is 0 Å². The Morgan fingerprint density at radius 3 is 3.09 bits per heavy atom. The Morgan fingerprint density at radius 2 is 2.35 bits per heavy atom. The molecule has 1 aliphatic rings. The minimum absolute atomic E-state index is 0.00749. The van der Waals surface area contributed by atoms with Crippen LogP contribution in [0.15, 0.2) is 18.2 Å². The van der Waals surface area contributed by atoms with Gasteiger partial charge in [0.25, 0.3) is 0 Å².